The molecule has 0 aliphatic rings. The molecule has 3 nitrogen and oxygen atoms in total. The first kappa shape index (κ1) is 11.9. The Hall–Kier alpha value is -0.120. The molecule has 0 saturated carbocycles. The highest BCUT2D eigenvalue weighted by atomic mass is 14.9. The maximum atomic E-state index is 5.87. The Morgan fingerprint density at radius 2 is 1.83 bits per heavy atom. The lowest BCUT2D eigenvalue weighted by molar-refractivity contribution is 0.377. The van der Waals surface area contributed by atoms with Gasteiger partial charge in [-0.05, 0) is 26.8 Å². The predicted octanol–water partition coefficient (Wildman–Crippen LogP) is 0.439. The first-order valence-corrected chi connectivity index (χ1v) is 4.62. The molecule has 0 rings (SSSR count). The van der Waals surface area contributed by atoms with Gasteiger partial charge in [-0.1, -0.05) is 13.8 Å². The lowest BCUT2D eigenvalue weighted by atomic mass is 9.94. The fraction of sp³-hybridized carbons (Fsp3) is 1.00. The van der Waals surface area contributed by atoms with Crippen molar-refractivity contribution in [1.29, 1.82) is 0 Å². The fourth-order valence-electron chi connectivity index (χ4n) is 0.900. The Labute approximate surface area is 75.9 Å². The topological polar surface area (TPSA) is 64.1 Å². The lowest BCUT2D eigenvalue weighted by Crippen LogP contribution is -2.51. The number of hydrogen-bond acceptors (Lipinski definition) is 3. The molecule has 0 aromatic carbocycles. The summed E-state index contributed by atoms with van der Waals surface area (Å²) >= 11 is 0. The zero-order valence-corrected chi connectivity index (χ0v) is 8.72. The molecular formula is C9H23N3. The maximum absolute atomic E-state index is 5.87. The molecule has 0 aliphatic carbocycles. The van der Waals surface area contributed by atoms with Gasteiger partial charge in [0, 0.05) is 17.6 Å². The standard InChI is InChI=1S/C9H23N3/c1-7(2)12-6-5-8(10)9(3,4)11/h7-8,12H,5-6,10-11H2,1-4H3. The summed E-state index contributed by atoms with van der Waals surface area (Å²) in [5.74, 6) is 0. The molecule has 1 atom stereocenters. The molecule has 74 valence electrons. The van der Waals surface area contributed by atoms with Crippen molar-refractivity contribution in [3.8, 4) is 0 Å². The van der Waals surface area contributed by atoms with Crippen molar-refractivity contribution in [1.82, 2.24) is 5.32 Å². The van der Waals surface area contributed by atoms with Crippen molar-refractivity contribution in [3.63, 3.8) is 0 Å². The molecule has 0 saturated heterocycles. The van der Waals surface area contributed by atoms with Crippen LogP contribution in [0.15, 0.2) is 0 Å². The number of nitrogens with one attached hydrogen (secondary N) is 1. The number of nitrogens with two attached hydrogens (primary N) is 2. The minimum Gasteiger partial charge on any atom is -0.326 e. The zero-order valence-electron chi connectivity index (χ0n) is 8.72. The van der Waals surface area contributed by atoms with Crippen LogP contribution in [0.1, 0.15) is 34.1 Å². The van der Waals surface area contributed by atoms with Crippen molar-refractivity contribution in [2.24, 2.45) is 11.5 Å². The van der Waals surface area contributed by atoms with E-state index in [2.05, 4.69) is 19.2 Å². The number of rotatable bonds is 5. The van der Waals surface area contributed by atoms with Crippen molar-refractivity contribution in [3.05, 3.63) is 0 Å². The van der Waals surface area contributed by atoms with Crippen LogP contribution in [0, 0.1) is 0 Å². The summed E-state index contributed by atoms with van der Waals surface area (Å²) in [6.45, 7) is 9.12. The van der Waals surface area contributed by atoms with Gasteiger partial charge in [0.05, 0.1) is 0 Å². The smallest absolute Gasteiger partial charge is 0.0250 e. The molecule has 3 heteroatoms. The Balaban J connectivity index is 3.51. The molecule has 0 spiro atoms. The first-order chi connectivity index (χ1) is 5.34. The van der Waals surface area contributed by atoms with E-state index in [1.54, 1.807) is 0 Å². The summed E-state index contributed by atoms with van der Waals surface area (Å²) in [5.41, 5.74) is 11.4. The van der Waals surface area contributed by atoms with Gasteiger partial charge >= 0.3 is 0 Å². The summed E-state index contributed by atoms with van der Waals surface area (Å²) in [4.78, 5) is 0. The summed E-state index contributed by atoms with van der Waals surface area (Å²) in [6, 6.07) is 0.599. The van der Waals surface area contributed by atoms with E-state index in [1.807, 2.05) is 13.8 Å². The molecule has 0 bridgehead atoms. The Bertz CT molecular complexity index is 115. The molecule has 0 radical (unpaired) electrons. The van der Waals surface area contributed by atoms with E-state index in [0.29, 0.717) is 6.04 Å². The minimum absolute atomic E-state index is 0.0729. The van der Waals surface area contributed by atoms with E-state index < -0.39 is 0 Å². The third kappa shape index (κ3) is 5.52. The van der Waals surface area contributed by atoms with Crippen LogP contribution in [0.4, 0.5) is 0 Å². The van der Waals surface area contributed by atoms with Crippen molar-refractivity contribution in [2.45, 2.75) is 51.7 Å². The molecular weight excluding hydrogens is 150 g/mol. The van der Waals surface area contributed by atoms with E-state index in [1.165, 1.54) is 0 Å². The molecule has 5 N–H and O–H groups in total. The van der Waals surface area contributed by atoms with E-state index in [9.17, 15) is 0 Å². The van der Waals surface area contributed by atoms with Gasteiger partial charge in [0.15, 0.2) is 0 Å². The molecule has 0 aliphatic heterocycles. The molecule has 0 heterocycles. The molecule has 1 unspecified atom stereocenters. The Morgan fingerprint density at radius 3 is 2.17 bits per heavy atom. The summed E-state index contributed by atoms with van der Waals surface area (Å²) in [6.07, 6.45) is 0.932. The van der Waals surface area contributed by atoms with Crippen LogP contribution >= 0.6 is 0 Å². The highest BCUT2D eigenvalue weighted by Crippen LogP contribution is 2.05. The van der Waals surface area contributed by atoms with Gasteiger partial charge in [0.1, 0.15) is 0 Å². The van der Waals surface area contributed by atoms with Crippen LogP contribution in [0.2, 0.25) is 0 Å². The van der Waals surface area contributed by atoms with Gasteiger partial charge < -0.3 is 16.8 Å². The third-order valence-corrected chi connectivity index (χ3v) is 1.96. The van der Waals surface area contributed by atoms with E-state index in [0.717, 1.165) is 13.0 Å². The van der Waals surface area contributed by atoms with Gasteiger partial charge in [-0.3, -0.25) is 0 Å². The molecule has 0 aromatic heterocycles. The van der Waals surface area contributed by atoms with Crippen LogP contribution in [-0.4, -0.2) is 24.2 Å². The molecule has 0 amide bonds. The molecule has 12 heavy (non-hydrogen) atoms. The largest absolute Gasteiger partial charge is 0.326 e. The van der Waals surface area contributed by atoms with Crippen LogP contribution in [0.3, 0.4) is 0 Å². The monoisotopic (exact) mass is 173 g/mol. The van der Waals surface area contributed by atoms with E-state index >= 15 is 0 Å². The second-order valence-electron chi connectivity index (χ2n) is 4.33. The molecule has 0 fully saturated rings. The zero-order chi connectivity index (χ0) is 9.78. The summed E-state index contributed by atoms with van der Waals surface area (Å²) in [7, 11) is 0. The minimum atomic E-state index is -0.265. The van der Waals surface area contributed by atoms with Crippen LogP contribution < -0.4 is 16.8 Å². The first-order valence-electron chi connectivity index (χ1n) is 4.62. The fourth-order valence-corrected chi connectivity index (χ4v) is 0.900. The van der Waals surface area contributed by atoms with Crippen molar-refractivity contribution >= 4 is 0 Å². The average Bonchev–Trinajstić information content (AvgIpc) is 1.84. The highest BCUT2D eigenvalue weighted by molar-refractivity contribution is 4.85. The predicted molar refractivity (Wildman–Crippen MR) is 54.0 cm³/mol. The average molecular weight is 173 g/mol. The Morgan fingerprint density at radius 1 is 1.33 bits per heavy atom. The van der Waals surface area contributed by atoms with Gasteiger partial charge in [0.2, 0.25) is 0 Å². The molecule has 0 aromatic rings. The van der Waals surface area contributed by atoms with E-state index in [4.69, 9.17) is 11.5 Å². The highest BCUT2D eigenvalue weighted by Gasteiger charge is 2.20. The second kappa shape index (κ2) is 4.80. The summed E-state index contributed by atoms with van der Waals surface area (Å²) in [5, 5.41) is 3.31. The van der Waals surface area contributed by atoms with Gasteiger partial charge in [-0.2, -0.15) is 0 Å². The third-order valence-electron chi connectivity index (χ3n) is 1.96. The second-order valence-corrected chi connectivity index (χ2v) is 4.33. The van der Waals surface area contributed by atoms with Gasteiger partial charge in [-0.25, -0.2) is 0 Å². The van der Waals surface area contributed by atoms with Crippen LogP contribution in [0.5, 0.6) is 0 Å². The summed E-state index contributed by atoms with van der Waals surface area (Å²) < 4.78 is 0. The van der Waals surface area contributed by atoms with Crippen LogP contribution in [0.25, 0.3) is 0 Å². The van der Waals surface area contributed by atoms with Gasteiger partial charge in [-0.15, -0.1) is 0 Å². The maximum Gasteiger partial charge on any atom is 0.0250 e. The van der Waals surface area contributed by atoms with E-state index in [-0.39, 0.29) is 11.6 Å². The SMILES string of the molecule is CC(C)NCCC(N)C(C)(C)N. The number of hydrogen-bond donors (Lipinski definition) is 3. The van der Waals surface area contributed by atoms with Gasteiger partial charge in [0.25, 0.3) is 0 Å². The van der Waals surface area contributed by atoms with Crippen molar-refractivity contribution in [2.75, 3.05) is 6.54 Å². The Kier molecular flexibility index (Phi) is 4.75. The van der Waals surface area contributed by atoms with Crippen LogP contribution in [-0.2, 0) is 0 Å². The lowest BCUT2D eigenvalue weighted by Gasteiger charge is -2.27. The van der Waals surface area contributed by atoms with Crippen molar-refractivity contribution < 1.29 is 0 Å². The normalized spacial score (nSPS) is 15.2. The quantitative estimate of drug-likeness (QED) is 0.565.